The average Bonchev–Trinajstić information content (AvgIpc) is 3.33. The second-order valence-corrected chi connectivity index (χ2v) is 10.4. The SMILES string of the molecule is CN(C)S(=O)(=O)CC(NC(=O)[C@@H]1CSCN1C(=O)c1c[nH]c2ccccc12)C(F)(F)F. The van der Waals surface area contributed by atoms with Crippen LogP contribution >= 0.6 is 11.8 Å². The van der Waals surface area contributed by atoms with Crippen molar-refractivity contribution in [2.45, 2.75) is 18.3 Å². The lowest BCUT2D eigenvalue weighted by Gasteiger charge is -2.27. The van der Waals surface area contributed by atoms with Gasteiger partial charge in [-0.15, -0.1) is 11.8 Å². The molecule has 31 heavy (non-hydrogen) atoms. The molecule has 2 amide bonds. The summed E-state index contributed by atoms with van der Waals surface area (Å²) in [5.41, 5.74) is 1.02. The second kappa shape index (κ2) is 8.71. The number of rotatable bonds is 6. The molecule has 2 aromatic rings. The monoisotopic (exact) mass is 478 g/mol. The van der Waals surface area contributed by atoms with Crippen LogP contribution in [-0.2, 0) is 14.8 Å². The van der Waals surface area contributed by atoms with E-state index in [0.717, 1.165) is 14.1 Å². The number of fused-ring (bicyclic) bond motifs is 1. The maximum absolute atomic E-state index is 13.4. The maximum atomic E-state index is 13.4. The number of benzene rings is 1. The van der Waals surface area contributed by atoms with Crippen molar-refractivity contribution in [1.29, 1.82) is 0 Å². The highest BCUT2D eigenvalue weighted by atomic mass is 32.2. The van der Waals surface area contributed by atoms with Gasteiger partial charge in [0.05, 0.1) is 17.2 Å². The molecule has 8 nitrogen and oxygen atoms in total. The van der Waals surface area contributed by atoms with Crippen molar-refractivity contribution >= 4 is 44.5 Å². The van der Waals surface area contributed by atoms with E-state index in [0.29, 0.717) is 20.8 Å². The minimum Gasteiger partial charge on any atom is -0.360 e. The van der Waals surface area contributed by atoms with Gasteiger partial charge in [0.1, 0.15) is 12.1 Å². The van der Waals surface area contributed by atoms with Crippen LogP contribution in [0, 0.1) is 0 Å². The van der Waals surface area contributed by atoms with Crippen LogP contribution in [0.1, 0.15) is 10.4 Å². The second-order valence-electron chi connectivity index (χ2n) is 7.20. The van der Waals surface area contributed by atoms with Crippen LogP contribution in [0.25, 0.3) is 10.9 Å². The third-order valence-corrected chi connectivity index (χ3v) is 7.79. The van der Waals surface area contributed by atoms with E-state index in [9.17, 15) is 31.2 Å². The lowest BCUT2D eigenvalue weighted by atomic mass is 10.1. The van der Waals surface area contributed by atoms with Crippen LogP contribution in [-0.4, -0.2) is 84.2 Å². The van der Waals surface area contributed by atoms with Crippen LogP contribution in [0.15, 0.2) is 30.5 Å². The van der Waals surface area contributed by atoms with Gasteiger partial charge in [0.2, 0.25) is 15.9 Å². The number of para-hydroxylation sites is 1. The molecule has 0 saturated carbocycles. The number of sulfonamides is 1. The smallest absolute Gasteiger partial charge is 0.360 e. The quantitative estimate of drug-likeness (QED) is 0.657. The standard InChI is InChI=1S/C18H21F3N4O4S2/c1-24(2)31(28,29)9-15(18(19,20)21)23-16(26)14-8-30-10-25(14)17(27)12-7-22-13-6-4-3-5-11(12)13/h3-7,14-15,22H,8-10H2,1-2H3,(H,23,26)/t14-,15?/m0/s1. The largest absolute Gasteiger partial charge is 0.409 e. The summed E-state index contributed by atoms with van der Waals surface area (Å²) in [6.07, 6.45) is -3.48. The number of nitrogens with one attached hydrogen (secondary N) is 2. The Bertz CT molecular complexity index is 1080. The normalized spacial score (nSPS) is 18.5. The Kier molecular flexibility index (Phi) is 6.58. The molecule has 1 aromatic heterocycles. The van der Waals surface area contributed by atoms with Gasteiger partial charge in [-0.3, -0.25) is 9.59 Å². The number of amides is 2. The highest BCUT2D eigenvalue weighted by Gasteiger charge is 2.46. The summed E-state index contributed by atoms with van der Waals surface area (Å²) in [6, 6.07) is 3.28. The van der Waals surface area contributed by atoms with E-state index in [1.54, 1.807) is 29.6 Å². The highest BCUT2D eigenvalue weighted by Crippen LogP contribution is 2.28. The molecule has 0 bridgehead atoms. The predicted molar refractivity (Wildman–Crippen MR) is 111 cm³/mol. The molecule has 3 rings (SSSR count). The molecule has 1 aromatic carbocycles. The molecular formula is C18H21F3N4O4S2. The Morgan fingerprint density at radius 1 is 1.32 bits per heavy atom. The topological polar surface area (TPSA) is 103 Å². The zero-order valence-electron chi connectivity index (χ0n) is 16.6. The number of thioether (sulfide) groups is 1. The number of carbonyl (C=O) groups excluding carboxylic acids is 2. The molecule has 170 valence electrons. The number of aromatic nitrogens is 1. The van der Waals surface area contributed by atoms with E-state index in [-0.39, 0.29) is 11.6 Å². The summed E-state index contributed by atoms with van der Waals surface area (Å²) in [4.78, 5) is 29.8. The van der Waals surface area contributed by atoms with Crippen molar-refractivity contribution in [1.82, 2.24) is 19.5 Å². The van der Waals surface area contributed by atoms with Crippen LogP contribution in [0.3, 0.4) is 0 Å². The highest BCUT2D eigenvalue weighted by molar-refractivity contribution is 7.99. The number of halogens is 3. The molecule has 13 heteroatoms. The third-order valence-electron chi connectivity index (χ3n) is 4.91. The first-order valence-corrected chi connectivity index (χ1v) is 11.9. The average molecular weight is 479 g/mol. The number of nitrogens with zero attached hydrogens (tertiary/aromatic N) is 2. The van der Waals surface area contributed by atoms with Gasteiger partial charge in [0.25, 0.3) is 5.91 Å². The summed E-state index contributed by atoms with van der Waals surface area (Å²) in [6.45, 7) is 0. The van der Waals surface area contributed by atoms with Crippen LogP contribution in [0.5, 0.6) is 0 Å². The molecule has 0 aliphatic carbocycles. The number of carbonyl (C=O) groups is 2. The van der Waals surface area contributed by atoms with Crippen LogP contribution in [0.2, 0.25) is 0 Å². The molecule has 1 unspecified atom stereocenters. The number of H-pyrrole nitrogens is 1. The van der Waals surface area contributed by atoms with E-state index < -0.39 is 45.9 Å². The van der Waals surface area contributed by atoms with Crippen molar-refractivity contribution in [3.8, 4) is 0 Å². The summed E-state index contributed by atoms with van der Waals surface area (Å²) >= 11 is 1.23. The Labute approximate surface area is 181 Å². The van der Waals surface area contributed by atoms with Gasteiger partial charge >= 0.3 is 6.18 Å². The van der Waals surface area contributed by atoms with Crippen LogP contribution < -0.4 is 5.32 Å². The lowest BCUT2D eigenvalue weighted by molar-refractivity contribution is -0.158. The first kappa shape index (κ1) is 23.4. The van der Waals surface area contributed by atoms with Crippen molar-refractivity contribution in [2.75, 3.05) is 31.5 Å². The van der Waals surface area contributed by atoms with Crippen molar-refractivity contribution in [3.63, 3.8) is 0 Å². The van der Waals surface area contributed by atoms with E-state index in [2.05, 4.69) is 4.98 Å². The van der Waals surface area contributed by atoms with Crippen molar-refractivity contribution < 1.29 is 31.2 Å². The van der Waals surface area contributed by atoms with E-state index in [1.807, 2.05) is 0 Å². The van der Waals surface area contributed by atoms with Gasteiger partial charge in [-0.1, -0.05) is 18.2 Å². The van der Waals surface area contributed by atoms with Gasteiger partial charge in [-0.2, -0.15) is 13.2 Å². The molecule has 0 spiro atoms. The fraction of sp³-hybridized carbons (Fsp3) is 0.444. The Morgan fingerprint density at radius 3 is 2.65 bits per heavy atom. The van der Waals surface area contributed by atoms with Gasteiger partial charge in [-0.05, 0) is 6.07 Å². The molecule has 2 N–H and O–H groups in total. The zero-order valence-corrected chi connectivity index (χ0v) is 18.3. The van der Waals surface area contributed by atoms with E-state index in [4.69, 9.17) is 0 Å². The third kappa shape index (κ3) is 4.99. The van der Waals surface area contributed by atoms with Gasteiger partial charge in [0, 0.05) is 36.9 Å². The first-order chi connectivity index (χ1) is 14.4. The molecule has 1 saturated heterocycles. The maximum Gasteiger partial charge on any atom is 0.409 e. The van der Waals surface area contributed by atoms with E-state index in [1.165, 1.54) is 22.9 Å². The summed E-state index contributed by atoms with van der Waals surface area (Å²) in [5, 5.41) is 2.43. The molecule has 2 atom stereocenters. The molecule has 1 aliphatic rings. The summed E-state index contributed by atoms with van der Waals surface area (Å²) in [5.74, 6) is -2.64. The first-order valence-electron chi connectivity index (χ1n) is 9.14. The fourth-order valence-corrected chi connectivity index (χ4v) is 5.25. The minimum atomic E-state index is -4.98. The van der Waals surface area contributed by atoms with Crippen molar-refractivity contribution in [2.24, 2.45) is 0 Å². The summed E-state index contributed by atoms with van der Waals surface area (Å²) in [7, 11) is -2.01. The van der Waals surface area contributed by atoms with Gasteiger partial charge in [0.15, 0.2) is 0 Å². The Morgan fingerprint density at radius 2 is 2.00 bits per heavy atom. The fourth-order valence-electron chi connectivity index (χ4n) is 3.11. The number of alkyl halides is 3. The molecule has 0 radical (unpaired) electrons. The number of aromatic amines is 1. The Hall–Kier alpha value is -2.25. The molecule has 1 aliphatic heterocycles. The summed E-state index contributed by atoms with van der Waals surface area (Å²) < 4.78 is 64.8. The van der Waals surface area contributed by atoms with Gasteiger partial charge < -0.3 is 15.2 Å². The number of hydrogen-bond acceptors (Lipinski definition) is 5. The van der Waals surface area contributed by atoms with Gasteiger partial charge in [-0.25, -0.2) is 12.7 Å². The predicted octanol–water partition coefficient (Wildman–Crippen LogP) is 1.62. The number of hydrogen-bond donors (Lipinski definition) is 2. The molecule has 1 fully saturated rings. The molecular weight excluding hydrogens is 457 g/mol. The molecule has 2 heterocycles. The van der Waals surface area contributed by atoms with E-state index >= 15 is 0 Å². The Balaban J connectivity index is 1.80. The lowest BCUT2D eigenvalue weighted by Crippen LogP contribution is -2.56. The minimum absolute atomic E-state index is 0.102. The van der Waals surface area contributed by atoms with Crippen LogP contribution in [0.4, 0.5) is 13.2 Å². The van der Waals surface area contributed by atoms with Crippen molar-refractivity contribution in [3.05, 3.63) is 36.0 Å². The zero-order chi connectivity index (χ0) is 23.0.